The van der Waals surface area contributed by atoms with Crippen molar-refractivity contribution < 1.29 is 23.4 Å². The van der Waals surface area contributed by atoms with Gasteiger partial charge in [0, 0.05) is 31.9 Å². The minimum absolute atomic E-state index is 0.0664. The molecule has 2 N–H and O–H groups in total. The molecule has 0 radical (unpaired) electrons. The molecule has 1 heterocycles. The fourth-order valence-corrected chi connectivity index (χ4v) is 3.37. The van der Waals surface area contributed by atoms with Crippen molar-refractivity contribution in [2.45, 2.75) is 6.10 Å². The Morgan fingerprint density at radius 3 is 2.37 bits per heavy atom. The van der Waals surface area contributed by atoms with Crippen molar-refractivity contribution >= 4 is 27.7 Å². The molecule has 112 valence electrons. The van der Waals surface area contributed by atoms with Gasteiger partial charge >= 0.3 is 0 Å². The first kappa shape index (κ1) is 16.7. The summed E-state index contributed by atoms with van der Waals surface area (Å²) in [6.07, 6.45) is 0.358. The number of amides is 1. The zero-order chi connectivity index (χ0) is 14.5. The van der Waals surface area contributed by atoms with Gasteiger partial charge in [0.05, 0.1) is 24.7 Å². The van der Waals surface area contributed by atoms with E-state index in [1.165, 1.54) is 16.1 Å². The van der Waals surface area contributed by atoms with E-state index in [9.17, 15) is 13.2 Å². The molecule has 0 aromatic rings. The molecule has 1 atom stereocenters. The van der Waals surface area contributed by atoms with Gasteiger partial charge in [0.25, 0.3) is 0 Å². The Hall–Kier alpha value is -0.350. The molecule has 1 aliphatic rings. The minimum atomic E-state index is -3.18. The first-order valence-electron chi connectivity index (χ1n) is 5.94. The van der Waals surface area contributed by atoms with Gasteiger partial charge in [-0.3, -0.25) is 4.79 Å². The molecule has 0 aromatic carbocycles. The highest BCUT2D eigenvalue weighted by atomic mass is 32.2. The summed E-state index contributed by atoms with van der Waals surface area (Å²) >= 11 is 1.26. The van der Waals surface area contributed by atoms with Crippen molar-refractivity contribution in [3.63, 3.8) is 0 Å². The highest BCUT2D eigenvalue weighted by Crippen LogP contribution is 2.09. The second kappa shape index (κ2) is 7.44. The number of hydrogen-bond donors (Lipinski definition) is 2. The predicted molar refractivity (Wildman–Crippen MR) is 73.4 cm³/mol. The summed E-state index contributed by atoms with van der Waals surface area (Å²) in [5.41, 5.74) is 0. The number of piperazine rings is 1. The third-order valence-corrected chi connectivity index (χ3v) is 5.18. The van der Waals surface area contributed by atoms with E-state index in [0.29, 0.717) is 31.9 Å². The molecule has 1 aliphatic heterocycles. The SMILES string of the molecule is CS(=O)(=O)N1CCN(C(=O)CSCC(O)CO)CC1. The maximum Gasteiger partial charge on any atom is 0.232 e. The molecule has 1 unspecified atom stereocenters. The number of thioether (sulfide) groups is 1. The second-order valence-electron chi connectivity index (χ2n) is 4.39. The maximum atomic E-state index is 11.8. The van der Waals surface area contributed by atoms with Gasteiger partial charge < -0.3 is 15.1 Å². The van der Waals surface area contributed by atoms with Gasteiger partial charge in [-0.05, 0) is 0 Å². The van der Waals surface area contributed by atoms with Crippen molar-refractivity contribution in [3.8, 4) is 0 Å². The quantitative estimate of drug-likeness (QED) is 0.599. The van der Waals surface area contributed by atoms with Gasteiger partial charge in [-0.2, -0.15) is 4.31 Å². The first-order valence-corrected chi connectivity index (χ1v) is 8.94. The zero-order valence-corrected chi connectivity index (χ0v) is 12.5. The van der Waals surface area contributed by atoms with Crippen LogP contribution in [0.5, 0.6) is 0 Å². The topological polar surface area (TPSA) is 98.2 Å². The average molecular weight is 312 g/mol. The number of aliphatic hydroxyl groups excluding tert-OH is 2. The summed E-state index contributed by atoms with van der Waals surface area (Å²) < 4.78 is 24.0. The number of aliphatic hydroxyl groups is 2. The molecule has 0 aromatic heterocycles. The van der Waals surface area contributed by atoms with E-state index in [1.54, 1.807) is 4.90 Å². The largest absolute Gasteiger partial charge is 0.394 e. The van der Waals surface area contributed by atoms with Crippen LogP contribution in [0.1, 0.15) is 0 Å². The molecule has 1 rings (SSSR count). The zero-order valence-electron chi connectivity index (χ0n) is 10.9. The van der Waals surface area contributed by atoms with E-state index in [2.05, 4.69) is 0 Å². The molecule has 0 bridgehead atoms. The average Bonchev–Trinajstić information content (AvgIpc) is 2.37. The van der Waals surface area contributed by atoms with Gasteiger partial charge in [-0.1, -0.05) is 0 Å². The number of hydrogen-bond acceptors (Lipinski definition) is 6. The molecule has 0 spiro atoms. The lowest BCUT2D eigenvalue weighted by Gasteiger charge is -2.33. The highest BCUT2D eigenvalue weighted by Gasteiger charge is 2.25. The van der Waals surface area contributed by atoms with E-state index in [0.717, 1.165) is 6.26 Å². The van der Waals surface area contributed by atoms with Crippen LogP contribution in [0.4, 0.5) is 0 Å². The lowest BCUT2D eigenvalue weighted by atomic mass is 10.3. The number of rotatable bonds is 6. The van der Waals surface area contributed by atoms with Crippen LogP contribution in [-0.4, -0.2) is 90.4 Å². The standard InChI is InChI=1S/C10H20N2O5S2/c1-19(16,17)12-4-2-11(3-5-12)10(15)8-18-7-9(14)6-13/h9,13-14H,2-8H2,1H3. The molecular formula is C10H20N2O5S2. The van der Waals surface area contributed by atoms with Crippen LogP contribution in [0.15, 0.2) is 0 Å². The number of carbonyl (C=O) groups excluding carboxylic acids is 1. The molecule has 1 amide bonds. The molecule has 9 heteroatoms. The Bertz CT molecular complexity index is 393. The van der Waals surface area contributed by atoms with E-state index >= 15 is 0 Å². The fourth-order valence-electron chi connectivity index (χ4n) is 1.70. The summed E-state index contributed by atoms with van der Waals surface area (Å²) in [6, 6.07) is 0. The lowest BCUT2D eigenvalue weighted by molar-refractivity contribution is -0.129. The van der Waals surface area contributed by atoms with Crippen LogP contribution in [0.2, 0.25) is 0 Å². The summed E-state index contributed by atoms with van der Waals surface area (Å²) in [7, 11) is -3.18. The maximum absolute atomic E-state index is 11.8. The molecule has 19 heavy (non-hydrogen) atoms. The van der Waals surface area contributed by atoms with Crippen molar-refractivity contribution in [2.75, 3.05) is 50.5 Å². The van der Waals surface area contributed by atoms with Crippen LogP contribution in [0.3, 0.4) is 0 Å². The highest BCUT2D eigenvalue weighted by molar-refractivity contribution is 7.99. The summed E-state index contributed by atoms with van der Waals surface area (Å²) in [4.78, 5) is 13.4. The van der Waals surface area contributed by atoms with Crippen molar-refractivity contribution in [1.29, 1.82) is 0 Å². The van der Waals surface area contributed by atoms with Gasteiger partial charge in [-0.25, -0.2) is 8.42 Å². The Kier molecular flexibility index (Phi) is 6.54. The van der Waals surface area contributed by atoms with Gasteiger partial charge in [-0.15, -0.1) is 11.8 Å². The van der Waals surface area contributed by atoms with Crippen molar-refractivity contribution in [1.82, 2.24) is 9.21 Å². The Balaban J connectivity index is 2.29. The minimum Gasteiger partial charge on any atom is -0.394 e. The van der Waals surface area contributed by atoms with Crippen LogP contribution >= 0.6 is 11.8 Å². The van der Waals surface area contributed by atoms with Crippen LogP contribution in [0, 0.1) is 0 Å². The third-order valence-electron chi connectivity index (χ3n) is 2.81. The van der Waals surface area contributed by atoms with Crippen LogP contribution in [-0.2, 0) is 14.8 Å². The molecule has 7 nitrogen and oxygen atoms in total. The summed E-state index contributed by atoms with van der Waals surface area (Å²) in [5, 5.41) is 17.8. The number of nitrogens with zero attached hydrogens (tertiary/aromatic N) is 2. The molecule has 1 saturated heterocycles. The third kappa shape index (κ3) is 5.65. The number of sulfonamides is 1. The normalized spacial score (nSPS) is 19.4. The summed E-state index contributed by atoms with van der Waals surface area (Å²) in [5.74, 6) is 0.477. The molecular weight excluding hydrogens is 292 g/mol. The lowest BCUT2D eigenvalue weighted by Crippen LogP contribution is -2.50. The second-order valence-corrected chi connectivity index (χ2v) is 7.41. The van der Waals surface area contributed by atoms with Gasteiger partial charge in [0.2, 0.25) is 15.9 Å². The smallest absolute Gasteiger partial charge is 0.232 e. The van der Waals surface area contributed by atoms with E-state index in [-0.39, 0.29) is 18.3 Å². The van der Waals surface area contributed by atoms with Gasteiger partial charge in [0.15, 0.2) is 0 Å². The Morgan fingerprint density at radius 1 is 1.32 bits per heavy atom. The van der Waals surface area contributed by atoms with Gasteiger partial charge in [0.1, 0.15) is 0 Å². The van der Waals surface area contributed by atoms with E-state index in [1.807, 2.05) is 0 Å². The van der Waals surface area contributed by atoms with Crippen molar-refractivity contribution in [3.05, 3.63) is 0 Å². The molecule has 1 fully saturated rings. The Labute approximate surface area is 117 Å². The Morgan fingerprint density at radius 2 is 1.89 bits per heavy atom. The van der Waals surface area contributed by atoms with E-state index in [4.69, 9.17) is 10.2 Å². The fraction of sp³-hybridized carbons (Fsp3) is 0.900. The van der Waals surface area contributed by atoms with E-state index < -0.39 is 16.1 Å². The monoisotopic (exact) mass is 312 g/mol. The number of carbonyl (C=O) groups is 1. The molecule has 0 saturated carbocycles. The van der Waals surface area contributed by atoms with Crippen LogP contribution in [0.25, 0.3) is 0 Å². The first-order chi connectivity index (χ1) is 8.84. The van der Waals surface area contributed by atoms with Crippen LogP contribution < -0.4 is 0 Å². The predicted octanol–water partition coefficient (Wildman–Crippen LogP) is -1.82. The van der Waals surface area contributed by atoms with Crippen molar-refractivity contribution in [2.24, 2.45) is 0 Å². The molecule has 0 aliphatic carbocycles. The summed E-state index contributed by atoms with van der Waals surface area (Å²) in [6.45, 7) is 1.14.